The van der Waals surface area contributed by atoms with Crippen molar-refractivity contribution in [3.8, 4) is 55.6 Å². The highest BCUT2D eigenvalue weighted by atomic mass is 32.1. The van der Waals surface area contributed by atoms with Crippen molar-refractivity contribution in [2.75, 3.05) is 4.90 Å². The minimum atomic E-state index is 1.09. The lowest BCUT2D eigenvalue weighted by Gasteiger charge is -2.30. The van der Waals surface area contributed by atoms with Gasteiger partial charge in [-0.2, -0.15) is 0 Å². The summed E-state index contributed by atoms with van der Waals surface area (Å²) in [4.78, 5) is 2.46. The van der Waals surface area contributed by atoms with Crippen molar-refractivity contribution in [2.24, 2.45) is 0 Å². The molecule has 1 aromatic heterocycles. The molecule has 12 aromatic rings. The van der Waals surface area contributed by atoms with Gasteiger partial charge in [-0.1, -0.05) is 206 Å². The molecule has 0 unspecified atom stereocenters. The van der Waals surface area contributed by atoms with Crippen LogP contribution in [0.4, 0.5) is 17.1 Å². The molecule has 11 aromatic carbocycles. The van der Waals surface area contributed by atoms with E-state index in [2.05, 4.69) is 254 Å². The largest absolute Gasteiger partial charge is 0.309 e. The maximum Gasteiger partial charge on any atom is 0.0540 e. The molecular weight excluding hydrogens is 791 g/mol. The molecular formula is C62H41NS. The van der Waals surface area contributed by atoms with E-state index in [1.807, 2.05) is 11.3 Å². The van der Waals surface area contributed by atoms with Gasteiger partial charge in [-0.3, -0.25) is 0 Å². The van der Waals surface area contributed by atoms with Gasteiger partial charge in [0.05, 0.1) is 11.4 Å². The molecule has 1 heterocycles. The van der Waals surface area contributed by atoms with E-state index >= 15 is 0 Å². The third-order valence-corrected chi connectivity index (χ3v) is 13.8. The van der Waals surface area contributed by atoms with Crippen LogP contribution < -0.4 is 4.90 Å². The van der Waals surface area contributed by atoms with Crippen LogP contribution in [-0.4, -0.2) is 0 Å². The molecule has 0 N–H and O–H groups in total. The van der Waals surface area contributed by atoms with E-state index in [-0.39, 0.29) is 0 Å². The number of hydrogen-bond donors (Lipinski definition) is 0. The summed E-state index contributed by atoms with van der Waals surface area (Å²) in [7, 11) is 0. The number of rotatable bonds is 8. The Bertz CT molecular complexity index is 3670. The smallest absolute Gasteiger partial charge is 0.0540 e. The lowest BCUT2D eigenvalue weighted by Crippen LogP contribution is -2.12. The van der Waals surface area contributed by atoms with Crippen LogP contribution in [0.3, 0.4) is 0 Å². The lowest BCUT2D eigenvalue weighted by molar-refractivity contribution is 1.28. The van der Waals surface area contributed by atoms with Gasteiger partial charge in [0, 0.05) is 37.0 Å². The Labute approximate surface area is 377 Å². The van der Waals surface area contributed by atoms with Crippen LogP contribution in [0.25, 0.3) is 97.4 Å². The molecule has 0 radical (unpaired) electrons. The van der Waals surface area contributed by atoms with Gasteiger partial charge in [0.1, 0.15) is 0 Å². The third kappa shape index (κ3) is 6.73. The summed E-state index contributed by atoms with van der Waals surface area (Å²) >= 11 is 1.86. The van der Waals surface area contributed by atoms with Crippen molar-refractivity contribution in [3.05, 3.63) is 249 Å². The Morgan fingerprint density at radius 3 is 1.55 bits per heavy atom. The van der Waals surface area contributed by atoms with Crippen LogP contribution in [0.1, 0.15) is 0 Å². The molecule has 300 valence electrons. The number of anilines is 3. The number of para-hydroxylation sites is 2. The maximum absolute atomic E-state index is 2.46. The molecule has 0 spiro atoms. The number of hydrogen-bond acceptors (Lipinski definition) is 2. The van der Waals surface area contributed by atoms with Crippen LogP contribution in [0.5, 0.6) is 0 Å². The van der Waals surface area contributed by atoms with Crippen molar-refractivity contribution in [1.82, 2.24) is 0 Å². The zero-order valence-electron chi connectivity index (χ0n) is 35.0. The molecule has 0 saturated carbocycles. The van der Waals surface area contributed by atoms with Crippen molar-refractivity contribution in [2.45, 2.75) is 0 Å². The minimum absolute atomic E-state index is 1.09. The van der Waals surface area contributed by atoms with Crippen LogP contribution in [0.2, 0.25) is 0 Å². The third-order valence-electron chi connectivity index (χ3n) is 12.7. The van der Waals surface area contributed by atoms with Gasteiger partial charge in [0.2, 0.25) is 0 Å². The second kappa shape index (κ2) is 16.0. The Kier molecular flexibility index (Phi) is 9.43. The highest BCUT2D eigenvalue weighted by Gasteiger charge is 2.22. The molecule has 0 atom stereocenters. The van der Waals surface area contributed by atoms with E-state index in [9.17, 15) is 0 Å². The Hall–Kier alpha value is -8.04. The highest BCUT2D eigenvalue weighted by Crippen LogP contribution is 2.48. The number of fused-ring (bicyclic) bond motifs is 5. The molecule has 0 saturated heterocycles. The van der Waals surface area contributed by atoms with Crippen LogP contribution >= 0.6 is 11.3 Å². The van der Waals surface area contributed by atoms with E-state index in [1.54, 1.807) is 0 Å². The fraction of sp³-hybridized carbons (Fsp3) is 0. The first-order valence-corrected chi connectivity index (χ1v) is 22.7. The number of nitrogens with zero attached hydrogens (tertiary/aromatic N) is 1. The minimum Gasteiger partial charge on any atom is -0.309 e. The first-order valence-electron chi connectivity index (χ1n) is 21.9. The van der Waals surface area contributed by atoms with Crippen molar-refractivity contribution < 1.29 is 0 Å². The molecule has 0 amide bonds. The SMILES string of the molecule is c1ccc(-c2ccccc2N(c2ccc(-c3ccc(-c4cccc5ccccc45)cc3)cc2)c2ccccc2-c2ccc3c(c2)sc2ccccc23)c(-c2ccc3ccccc3c2)c1. The zero-order valence-corrected chi connectivity index (χ0v) is 35.8. The highest BCUT2D eigenvalue weighted by molar-refractivity contribution is 7.25. The molecule has 1 nitrogen and oxygen atoms in total. The Balaban J connectivity index is 0.998. The predicted molar refractivity (Wildman–Crippen MR) is 276 cm³/mol. The fourth-order valence-electron chi connectivity index (χ4n) is 9.56. The molecule has 0 fully saturated rings. The maximum atomic E-state index is 2.46. The summed E-state index contributed by atoms with van der Waals surface area (Å²) in [6.07, 6.45) is 0. The summed E-state index contributed by atoms with van der Waals surface area (Å²) in [6.45, 7) is 0. The normalized spacial score (nSPS) is 11.4. The average molecular weight is 832 g/mol. The second-order valence-corrected chi connectivity index (χ2v) is 17.5. The molecule has 12 rings (SSSR count). The Morgan fingerprint density at radius 1 is 0.250 bits per heavy atom. The van der Waals surface area contributed by atoms with Gasteiger partial charge < -0.3 is 4.90 Å². The summed E-state index contributed by atoms with van der Waals surface area (Å²) in [6, 6.07) is 91.0. The van der Waals surface area contributed by atoms with Gasteiger partial charge >= 0.3 is 0 Å². The first-order chi connectivity index (χ1) is 31.7. The standard InChI is InChI=1S/C62H41NS/c1-2-16-47-40-48(33-30-42(47)14-1)53-19-5-6-21-55(53)56-22-8-11-26-60(56)63(59-25-10-7-20-54(59)49-36-39-58-57-23-9-12-27-61(57)64-62(58)41-49)50-37-34-44(35-38-50)43-28-31-46(32-29-43)52-24-13-17-45-15-3-4-18-51(45)52/h1-41H. The zero-order chi connectivity index (χ0) is 42.4. The predicted octanol–water partition coefficient (Wildman–Crippen LogP) is 18.2. The van der Waals surface area contributed by atoms with Gasteiger partial charge in [0.15, 0.2) is 0 Å². The summed E-state index contributed by atoms with van der Waals surface area (Å²) < 4.78 is 2.60. The molecule has 2 heteroatoms. The van der Waals surface area contributed by atoms with E-state index in [1.165, 1.54) is 91.8 Å². The van der Waals surface area contributed by atoms with Crippen LogP contribution in [-0.2, 0) is 0 Å². The quantitative estimate of drug-likeness (QED) is 0.147. The molecule has 0 bridgehead atoms. The molecule has 64 heavy (non-hydrogen) atoms. The van der Waals surface area contributed by atoms with Gasteiger partial charge in [0.25, 0.3) is 0 Å². The average Bonchev–Trinajstić information content (AvgIpc) is 3.75. The van der Waals surface area contributed by atoms with E-state index in [0.29, 0.717) is 0 Å². The van der Waals surface area contributed by atoms with E-state index in [0.717, 1.165) is 22.6 Å². The first kappa shape index (κ1) is 37.7. The van der Waals surface area contributed by atoms with Crippen molar-refractivity contribution in [3.63, 3.8) is 0 Å². The van der Waals surface area contributed by atoms with Gasteiger partial charge in [-0.15, -0.1) is 11.3 Å². The van der Waals surface area contributed by atoms with Gasteiger partial charge in [-0.05, 0) is 109 Å². The molecule has 0 aliphatic carbocycles. The van der Waals surface area contributed by atoms with E-state index in [4.69, 9.17) is 0 Å². The van der Waals surface area contributed by atoms with Crippen molar-refractivity contribution in [1.29, 1.82) is 0 Å². The Morgan fingerprint density at radius 2 is 0.750 bits per heavy atom. The fourth-order valence-corrected chi connectivity index (χ4v) is 10.7. The number of benzene rings is 11. The summed E-state index contributed by atoms with van der Waals surface area (Å²) in [5.41, 5.74) is 15.2. The number of thiophene rings is 1. The monoisotopic (exact) mass is 831 g/mol. The molecule has 0 aliphatic rings. The molecule has 0 aliphatic heterocycles. The van der Waals surface area contributed by atoms with Crippen molar-refractivity contribution >= 4 is 70.1 Å². The van der Waals surface area contributed by atoms with E-state index < -0.39 is 0 Å². The van der Waals surface area contributed by atoms with Crippen LogP contribution in [0, 0.1) is 0 Å². The van der Waals surface area contributed by atoms with Crippen LogP contribution in [0.15, 0.2) is 249 Å². The topological polar surface area (TPSA) is 3.24 Å². The summed E-state index contributed by atoms with van der Waals surface area (Å²) in [5, 5.41) is 7.61. The summed E-state index contributed by atoms with van der Waals surface area (Å²) in [5.74, 6) is 0. The lowest BCUT2D eigenvalue weighted by atomic mass is 9.91. The van der Waals surface area contributed by atoms with Gasteiger partial charge in [-0.25, -0.2) is 0 Å². The second-order valence-electron chi connectivity index (χ2n) is 16.4.